The summed E-state index contributed by atoms with van der Waals surface area (Å²) in [4.78, 5) is 20.6. The van der Waals surface area contributed by atoms with E-state index in [1.54, 1.807) is 13.2 Å². The second-order valence-corrected chi connectivity index (χ2v) is 9.09. The zero-order valence-electron chi connectivity index (χ0n) is 18.3. The van der Waals surface area contributed by atoms with Crippen LogP contribution in [0.3, 0.4) is 0 Å². The average molecular weight is 459 g/mol. The van der Waals surface area contributed by atoms with E-state index in [-0.39, 0.29) is 29.3 Å². The number of fused-ring (bicyclic) bond motifs is 2. The zero-order chi connectivity index (χ0) is 23.3. The normalized spacial score (nSPS) is 23.1. The van der Waals surface area contributed by atoms with Crippen LogP contribution in [-0.2, 0) is 13.2 Å². The molecule has 2 aliphatic rings. The van der Waals surface area contributed by atoms with Crippen LogP contribution < -0.4 is 5.32 Å². The molecule has 33 heavy (non-hydrogen) atoms. The van der Waals surface area contributed by atoms with Gasteiger partial charge in [-0.05, 0) is 56.1 Å². The molecule has 0 unspecified atom stereocenters. The van der Waals surface area contributed by atoms with E-state index in [1.165, 1.54) is 42.4 Å². The molecule has 2 bridgehead atoms. The Bertz CT molecular complexity index is 1180. The van der Waals surface area contributed by atoms with Gasteiger partial charge in [0, 0.05) is 31.0 Å². The van der Waals surface area contributed by atoms with E-state index in [0.717, 1.165) is 23.1 Å². The van der Waals surface area contributed by atoms with Gasteiger partial charge in [-0.3, -0.25) is 9.48 Å². The molecule has 3 aromatic rings. The van der Waals surface area contributed by atoms with Crippen molar-refractivity contribution in [3.63, 3.8) is 0 Å². The summed E-state index contributed by atoms with van der Waals surface area (Å²) in [7, 11) is 1.66. The number of carbonyl (C=O) groups excluding carboxylic acids is 1. The van der Waals surface area contributed by atoms with Crippen molar-refractivity contribution in [2.24, 2.45) is 24.8 Å². The molecule has 0 spiro atoms. The van der Waals surface area contributed by atoms with Crippen LogP contribution in [0.4, 0.5) is 13.2 Å². The Kier molecular flexibility index (Phi) is 5.21. The monoisotopic (exact) mass is 459 g/mol. The topological polar surface area (TPSA) is 90.5 Å². The molecule has 1 amide bonds. The number of nitrogens with zero attached hydrogens (tertiary/aromatic N) is 6. The van der Waals surface area contributed by atoms with Crippen LogP contribution in [0.15, 0.2) is 30.7 Å². The highest BCUT2D eigenvalue weighted by Gasteiger charge is 2.42. The van der Waals surface area contributed by atoms with Crippen molar-refractivity contribution < 1.29 is 18.0 Å². The maximum Gasteiger partial charge on any atom is 0.433 e. The molecule has 2 saturated carbocycles. The highest BCUT2D eigenvalue weighted by molar-refractivity contribution is 5.92. The average Bonchev–Trinajstić information content (AvgIpc) is 3.56. The lowest BCUT2D eigenvalue weighted by Gasteiger charge is -2.28. The predicted octanol–water partition coefficient (Wildman–Crippen LogP) is 3.64. The van der Waals surface area contributed by atoms with E-state index in [1.807, 2.05) is 6.92 Å². The molecular formula is C22H24F3N7O. The first-order valence-corrected chi connectivity index (χ1v) is 11.0. The van der Waals surface area contributed by atoms with Crippen LogP contribution in [0.5, 0.6) is 0 Å². The van der Waals surface area contributed by atoms with Gasteiger partial charge in [-0.1, -0.05) is 6.42 Å². The summed E-state index contributed by atoms with van der Waals surface area (Å²) in [5.41, 5.74) is -0.519. The molecule has 3 aromatic heterocycles. The van der Waals surface area contributed by atoms with Crippen LogP contribution in [0.2, 0.25) is 0 Å². The summed E-state index contributed by atoms with van der Waals surface area (Å²) in [5.74, 6) is 1.26. The molecular weight excluding hydrogens is 435 g/mol. The molecule has 5 rings (SSSR count). The Hall–Kier alpha value is -3.24. The number of amides is 1. The zero-order valence-corrected chi connectivity index (χ0v) is 18.3. The number of halogens is 3. The van der Waals surface area contributed by atoms with Gasteiger partial charge < -0.3 is 5.32 Å². The second-order valence-electron chi connectivity index (χ2n) is 9.09. The number of aromatic nitrogens is 6. The van der Waals surface area contributed by atoms with Crippen molar-refractivity contribution in [1.82, 2.24) is 34.8 Å². The van der Waals surface area contributed by atoms with Gasteiger partial charge in [-0.2, -0.15) is 23.4 Å². The number of nitrogens with one attached hydrogen (secondary N) is 1. The van der Waals surface area contributed by atoms with Gasteiger partial charge in [0.15, 0.2) is 11.4 Å². The Balaban J connectivity index is 1.39. The van der Waals surface area contributed by atoms with Gasteiger partial charge in [0.1, 0.15) is 0 Å². The van der Waals surface area contributed by atoms with E-state index in [0.29, 0.717) is 17.4 Å². The van der Waals surface area contributed by atoms with Crippen LogP contribution in [0.25, 0.3) is 17.2 Å². The first kappa shape index (κ1) is 21.6. The fraction of sp³-hybridized carbons (Fsp3) is 0.500. The fourth-order valence-electron chi connectivity index (χ4n) is 5.23. The molecule has 0 saturated heterocycles. The van der Waals surface area contributed by atoms with Crippen molar-refractivity contribution in [3.05, 3.63) is 42.1 Å². The van der Waals surface area contributed by atoms with E-state index in [2.05, 4.69) is 25.5 Å². The molecule has 0 aliphatic heterocycles. The smallest absolute Gasteiger partial charge is 0.348 e. The fourth-order valence-corrected chi connectivity index (χ4v) is 5.23. The molecule has 4 atom stereocenters. The Morgan fingerprint density at radius 2 is 2.06 bits per heavy atom. The largest absolute Gasteiger partial charge is 0.433 e. The van der Waals surface area contributed by atoms with Crippen molar-refractivity contribution in [1.29, 1.82) is 0 Å². The number of hydrogen-bond acceptors (Lipinski definition) is 5. The quantitative estimate of drug-likeness (QED) is 0.629. The van der Waals surface area contributed by atoms with Crippen LogP contribution in [0, 0.1) is 17.8 Å². The molecule has 0 aromatic carbocycles. The first-order chi connectivity index (χ1) is 15.7. The van der Waals surface area contributed by atoms with Crippen LogP contribution >= 0.6 is 0 Å². The molecule has 8 nitrogen and oxygen atoms in total. The third kappa shape index (κ3) is 4.23. The summed E-state index contributed by atoms with van der Waals surface area (Å²) in [6.45, 7) is 2.01. The van der Waals surface area contributed by atoms with Gasteiger partial charge in [-0.25, -0.2) is 14.6 Å². The van der Waals surface area contributed by atoms with E-state index in [4.69, 9.17) is 0 Å². The van der Waals surface area contributed by atoms with Crippen molar-refractivity contribution in [2.75, 3.05) is 0 Å². The SMILES string of the molecule is C[C@H](NC(=O)c1ccn(-c2nc(-c3cnn(C)c3)cc(C(F)(F)F)n2)n1)[C@@H]1C[C@@H]2CC[C@@H]1C2. The maximum atomic E-state index is 13.5. The molecule has 2 aliphatic carbocycles. The van der Waals surface area contributed by atoms with Gasteiger partial charge in [0.2, 0.25) is 0 Å². The molecule has 3 heterocycles. The number of hydrogen-bond donors (Lipinski definition) is 1. The minimum atomic E-state index is -4.67. The van der Waals surface area contributed by atoms with Gasteiger partial charge in [0.25, 0.3) is 11.9 Å². The van der Waals surface area contributed by atoms with E-state index >= 15 is 0 Å². The van der Waals surface area contributed by atoms with Crippen molar-refractivity contribution in [2.45, 2.75) is 44.8 Å². The summed E-state index contributed by atoms with van der Waals surface area (Å²) in [6.07, 6.45) is 4.58. The number of alkyl halides is 3. The van der Waals surface area contributed by atoms with Gasteiger partial charge >= 0.3 is 6.18 Å². The second kappa shape index (κ2) is 7.96. The first-order valence-electron chi connectivity index (χ1n) is 11.0. The summed E-state index contributed by atoms with van der Waals surface area (Å²) < 4.78 is 43.0. The molecule has 1 N–H and O–H groups in total. The summed E-state index contributed by atoms with van der Waals surface area (Å²) in [5, 5.41) is 11.2. The molecule has 2 fully saturated rings. The molecule has 0 radical (unpaired) electrons. The number of carbonyl (C=O) groups is 1. The van der Waals surface area contributed by atoms with Gasteiger partial charge in [0.05, 0.1) is 11.9 Å². The predicted molar refractivity (Wildman–Crippen MR) is 112 cm³/mol. The number of aryl methyl sites for hydroxylation is 1. The van der Waals surface area contributed by atoms with Gasteiger partial charge in [-0.15, -0.1) is 0 Å². The maximum absolute atomic E-state index is 13.5. The lowest BCUT2D eigenvalue weighted by Crippen LogP contribution is -2.40. The minimum Gasteiger partial charge on any atom is -0.348 e. The van der Waals surface area contributed by atoms with Crippen LogP contribution in [-0.4, -0.2) is 41.5 Å². The molecule has 174 valence electrons. The summed E-state index contributed by atoms with van der Waals surface area (Å²) >= 11 is 0. The Labute approximate surface area is 188 Å². The van der Waals surface area contributed by atoms with E-state index in [9.17, 15) is 18.0 Å². The lowest BCUT2D eigenvalue weighted by atomic mass is 9.84. The highest BCUT2D eigenvalue weighted by atomic mass is 19.4. The standard InChI is InChI=1S/C22H24F3N7O/c1-12(16-8-13-3-4-14(16)7-13)27-20(33)17-5-6-32(30-17)21-28-18(15-10-26-31(2)11-15)9-19(29-21)22(23,24)25/h5-6,9-14,16H,3-4,7-8H2,1-2H3,(H,27,33)/t12-,13+,14+,16-/m0/s1. The van der Waals surface area contributed by atoms with Crippen molar-refractivity contribution in [3.8, 4) is 17.2 Å². The third-order valence-corrected chi connectivity index (χ3v) is 6.83. The Morgan fingerprint density at radius 1 is 1.24 bits per heavy atom. The minimum absolute atomic E-state index is 0.0138. The number of rotatable bonds is 5. The van der Waals surface area contributed by atoms with Crippen LogP contribution in [0.1, 0.15) is 48.8 Å². The van der Waals surface area contributed by atoms with Crippen molar-refractivity contribution >= 4 is 5.91 Å². The van der Waals surface area contributed by atoms with E-state index < -0.39 is 11.9 Å². The summed E-state index contributed by atoms with van der Waals surface area (Å²) in [6, 6.07) is 2.34. The third-order valence-electron chi connectivity index (χ3n) is 6.83. The Morgan fingerprint density at radius 3 is 2.70 bits per heavy atom. The molecule has 11 heteroatoms. The lowest BCUT2D eigenvalue weighted by molar-refractivity contribution is -0.141. The highest BCUT2D eigenvalue weighted by Crippen LogP contribution is 2.49.